The first-order chi connectivity index (χ1) is 8.95. The molecule has 4 heteroatoms. The molecule has 1 rings (SSSR count). The van der Waals surface area contributed by atoms with Crippen LogP contribution in [0.4, 0.5) is 0 Å². The smallest absolute Gasteiger partial charge is 0.137 e. The average Bonchev–Trinajstić information content (AvgIpc) is 2.35. The van der Waals surface area contributed by atoms with Gasteiger partial charge >= 0.3 is 0 Å². The molecule has 0 aliphatic rings. The Morgan fingerprint density at radius 2 is 1.84 bits per heavy atom. The molecule has 0 amide bonds. The van der Waals surface area contributed by atoms with Crippen LogP contribution < -0.4 is 10.5 Å². The second kappa shape index (κ2) is 7.73. The van der Waals surface area contributed by atoms with Crippen molar-refractivity contribution in [1.29, 1.82) is 0 Å². The summed E-state index contributed by atoms with van der Waals surface area (Å²) in [4.78, 5) is 2.39. The van der Waals surface area contributed by atoms with Crippen molar-refractivity contribution in [3.8, 4) is 5.75 Å². The number of benzene rings is 1. The number of nitrogens with two attached hydrogens (primary N) is 1. The predicted octanol–water partition coefficient (Wildman–Crippen LogP) is 3.30. The summed E-state index contributed by atoms with van der Waals surface area (Å²) in [6.07, 6.45) is 0. The largest absolute Gasteiger partial charge is 0.491 e. The number of hydrogen-bond acceptors (Lipinski definition) is 3. The topological polar surface area (TPSA) is 38.5 Å². The standard InChI is InChI=1S/C15H25ClN2O/c1-11(2)18(12(3)4)7-8-19-15-6-5-13(10-17)9-14(15)16/h5-6,9,11-12H,7-8,10,17H2,1-4H3. The Morgan fingerprint density at radius 3 is 2.32 bits per heavy atom. The van der Waals surface area contributed by atoms with E-state index in [-0.39, 0.29) is 0 Å². The van der Waals surface area contributed by atoms with E-state index in [9.17, 15) is 0 Å². The molecule has 1 aromatic rings. The fraction of sp³-hybridized carbons (Fsp3) is 0.600. The van der Waals surface area contributed by atoms with Gasteiger partial charge in [0, 0.05) is 25.2 Å². The summed E-state index contributed by atoms with van der Waals surface area (Å²) < 4.78 is 5.75. The molecule has 19 heavy (non-hydrogen) atoms. The minimum Gasteiger partial charge on any atom is -0.491 e. The minimum absolute atomic E-state index is 0.495. The first kappa shape index (κ1) is 16.3. The number of ether oxygens (including phenoxy) is 1. The highest BCUT2D eigenvalue weighted by molar-refractivity contribution is 6.32. The number of hydrogen-bond donors (Lipinski definition) is 1. The highest BCUT2D eigenvalue weighted by Crippen LogP contribution is 2.25. The quantitative estimate of drug-likeness (QED) is 0.835. The molecule has 0 heterocycles. The molecule has 2 N–H and O–H groups in total. The highest BCUT2D eigenvalue weighted by Gasteiger charge is 2.13. The van der Waals surface area contributed by atoms with E-state index in [0.29, 0.717) is 30.3 Å². The Kier molecular flexibility index (Phi) is 6.63. The van der Waals surface area contributed by atoms with Crippen molar-refractivity contribution in [2.75, 3.05) is 13.2 Å². The average molecular weight is 285 g/mol. The third-order valence-corrected chi connectivity index (χ3v) is 3.46. The van der Waals surface area contributed by atoms with Gasteiger partial charge in [0.1, 0.15) is 12.4 Å². The molecule has 3 nitrogen and oxygen atoms in total. The molecular formula is C15H25ClN2O. The first-order valence-electron chi connectivity index (χ1n) is 6.82. The van der Waals surface area contributed by atoms with Crippen molar-refractivity contribution in [3.63, 3.8) is 0 Å². The Hall–Kier alpha value is -0.770. The van der Waals surface area contributed by atoms with Gasteiger partial charge < -0.3 is 10.5 Å². The molecule has 0 unspecified atom stereocenters. The molecule has 0 fully saturated rings. The lowest BCUT2D eigenvalue weighted by molar-refractivity contribution is 0.142. The van der Waals surface area contributed by atoms with Crippen LogP contribution in [0.2, 0.25) is 5.02 Å². The van der Waals surface area contributed by atoms with E-state index < -0.39 is 0 Å². The van der Waals surface area contributed by atoms with Gasteiger partial charge in [-0.1, -0.05) is 17.7 Å². The SMILES string of the molecule is CC(C)N(CCOc1ccc(CN)cc1Cl)C(C)C. The minimum atomic E-state index is 0.495. The normalized spacial score (nSPS) is 11.6. The second-order valence-electron chi connectivity index (χ2n) is 5.24. The first-order valence-corrected chi connectivity index (χ1v) is 7.20. The van der Waals surface area contributed by atoms with Crippen molar-refractivity contribution >= 4 is 11.6 Å². The fourth-order valence-electron chi connectivity index (χ4n) is 2.16. The van der Waals surface area contributed by atoms with Gasteiger partial charge in [-0.25, -0.2) is 0 Å². The zero-order valence-electron chi connectivity index (χ0n) is 12.3. The monoisotopic (exact) mass is 284 g/mol. The lowest BCUT2D eigenvalue weighted by Crippen LogP contribution is -2.39. The third-order valence-electron chi connectivity index (χ3n) is 3.17. The van der Waals surface area contributed by atoms with Crippen LogP contribution >= 0.6 is 11.6 Å². The molecular weight excluding hydrogens is 260 g/mol. The number of rotatable bonds is 7. The molecule has 0 atom stereocenters. The highest BCUT2D eigenvalue weighted by atomic mass is 35.5. The van der Waals surface area contributed by atoms with E-state index in [1.807, 2.05) is 18.2 Å². The number of nitrogens with zero attached hydrogens (tertiary/aromatic N) is 1. The maximum absolute atomic E-state index is 6.15. The van der Waals surface area contributed by atoms with Crippen LogP contribution in [0.3, 0.4) is 0 Å². The van der Waals surface area contributed by atoms with Crippen molar-refractivity contribution in [2.45, 2.75) is 46.3 Å². The van der Waals surface area contributed by atoms with Gasteiger partial charge in [-0.05, 0) is 45.4 Å². The molecule has 0 bridgehead atoms. The van der Waals surface area contributed by atoms with Crippen molar-refractivity contribution in [3.05, 3.63) is 28.8 Å². The summed E-state index contributed by atoms with van der Waals surface area (Å²) in [5, 5.41) is 0.628. The van der Waals surface area contributed by atoms with Crippen LogP contribution in [0.5, 0.6) is 5.75 Å². The van der Waals surface area contributed by atoms with Gasteiger partial charge in [-0.3, -0.25) is 4.90 Å². The lowest BCUT2D eigenvalue weighted by atomic mass is 10.2. The van der Waals surface area contributed by atoms with E-state index in [2.05, 4.69) is 32.6 Å². The summed E-state index contributed by atoms with van der Waals surface area (Å²) >= 11 is 6.15. The van der Waals surface area contributed by atoms with Gasteiger partial charge in [0.15, 0.2) is 0 Å². The van der Waals surface area contributed by atoms with Gasteiger partial charge in [-0.15, -0.1) is 0 Å². The van der Waals surface area contributed by atoms with Crippen LogP contribution in [0.15, 0.2) is 18.2 Å². The van der Waals surface area contributed by atoms with Crippen LogP contribution in [0.25, 0.3) is 0 Å². The van der Waals surface area contributed by atoms with E-state index in [4.69, 9.17) is 22.1 Å². The van der Waals surface area contributed by atoms with E-state index in [0.717, 1.165) is 17.9 Å². The van der Waals surface area contributed by atoms with Crippen molar-refractivity contribution < 1.29 is 4.74 Å². The molecule has 0 saturated carbocycles. The van der Waals surface area contributed by atoms with Crippen molar-refractivity contribution in [2.24, 2.45) is 5.73 Å². The molecule has 0 aliphatic heterocycles. The molecule has 0 aliphatic carbocycles. The third kappa shape index (κ3) is 5.01. The van der Waals surface area contributed by atoms with E-state index in [1.54, 1.807) is 0 Å². The van der Waals surface area contributed by atoms with Gasteiger partial charge in [0.05, 0.1) is 5.02 Å². The summed E-state index contributed by atoms with van der Waals surface area (Å²) in [5.41, 5.74) is 6.59. The Bertz CT molecular complexity index is 386. The zero-order chi connectivity index (χ0) is 14.4. The van der Waals surface area contributed by atoms with Crippen molar-refractivity contribution in [1.82, 2.24) is 4.90 Å². The Labute approximate surface area is 121 Å². The van der Waals surface area contributed by atoms with Gasteiger partial charge in [-0.2, -0.15) is 0 Å². The van der Waals surface area contributed by atoms with E-state index in [1.165, 1.54) is 0 Å². The lowest BCUT2D eigenvalue weighted by Gasteiger charge is -2.30. The molecule has 0 aromatic heterocycles. The Balaban J connectivity index is 2.53. The van der Waals surface area contributed by atoms with Gasteiger partial charge in [0.25, 0.3) is 0 Å². The second-order valence-corrected chi connectivity index (χ2v) is 5.65. The van der Waals surface area contributed by atoms with Gasteiger partial charge in [0.2, 0.25) is 0 Å². The summed E-state index contributed by atoms with van der Waals surface area (Å²) in [7, 11) is 0. The van der Waals surface area contributed by atoms with Crippen LogP contribution in [0, 0.1) is 0 Å². The van der Waals surface area contributed by atoms with Crippen LogP contribution in [-0.2, 0) is 6.54 Å². The summed E-state index contributed by atoms with van der Waals surface area (Å²) in [6, 6.07) is 6.72. The maximum atomic E-state index is 6.15. The predicted molar refractivity (Wildman–Crippen MR) is 81.8 cm³/mol. The Morgan fingerprint density at radius 1 is 1.21 bits per heavy atom. The molecule has 0 spiro atoms. The number of halogens is 1. The van der Waals surface area contributed by atoms with E-state index >= 15 is 0 Å². The van der Waals surface area contributed by atoms with Crippen LogP contribution in [-0.4, -0.2) is 30.1 Å². The van der Waals surface area contributed by atoms with Crippen LogP contribution in [0.1, 0.15) is 33.3 Å². The maximum Gasteiger partial charge on any atom is 0.137 e. The fourth-order valence-corrected chi connectivity index (χ4v) is 2.42. The summed E-state index contributed by atoms with van der Waals surface area (Å²) in [6.45, 7) is 10.8. The molecule has 108 valence electrons. The molecule has 0 saturated heterocycles. The zero-order valence-corrected chi connectivity index (χ0v) is 13.1. The molecule has 1 aromatic carbocycles. The summed E-state index contributed by atoms with van der Waals surface area (Å²) in [5.74, 6) is 0.728. The molecule has 0 radical (unpaired) electrons.